The Kier molecular flexibility index (Phi) is 3.86. The third-order valence-corrected chi connectivity index (χ3v) is 5.48. The third-order valence-electron chi connectivity index (χ3n) is 3.47. The molecule has 0 unspecified atom stereocenters. The first-order chi connectivity index (χ1) is 9.27. The van der Waals surface area contributed by atoms with Crippen LogP contribution in [0.2, 0.25) is 0 Å². The summed E-state index contributed by atoms with van der Waals surface area (Å²) < 4.78 is 31.9. The monoisotopic (exact) mass is 298 g/mol. The third kappa shape index (κ3) is 2.56. The van der Waals surface area contributed by atoms with Crippen LogP contribution < -0.4 is 5.73 Å². The van der Waals surface area contributed by atoms with Gasteiger partial charge in [-0.05, 0) is 25.5 Å². The Morgan fingerprint density at radius 3 is 2.65 bits per heavy atom. The Labute approximate surface area is 118 Å². The van der Waals surface area contributed by atoms with Gasteiger partial charge in [0.2, 0.25) is 10.0 Å². The number of morpholine rings is 1. The number of carbonyl (C=O) groups is 1. The molecule has 2 N–H and O–H groups in total. The molecule has 1 fully saturated rings. The first kappa shape index (κ1) is 15.0. The Morgan fingerprint density at radius 2 is 2.05 bits per heavy atom. The number of nitrogens with zero attached hydrogens (tertiary/aromatic N) is 1. The van der Waals surface area contributed by atoms with Gasteiger partial charge in [-0.25, -0.2) is 8.42 Å². The molecule has 6 nitrogen and oxygen atoms in total. The standard InChI is InChI=1S/C13H18N2O4S/c1-10-5-3-4-6-11(10)20(17,18)15-7-8-19-13(2,9-15)12(14)16/h3-6H,7-9H2,1-2H3,(H2,14,16)/t13-/m1/s1. The summed E-state index contributed by atoms with van der Waals surface area (Å²) in [4.78, 5) is 11.7. The van der Waals surface area contributed by atoms with Crippen molar-refractivity contribution in [2.45, 2.75) is 24.3 Å². The number of sulfonamides is 1. The lowest BCUT2D eigenvalue weighted by atomic mass is 10.1. The summed E-state index contributed by atoms with van der Waals surface area (Å²) in [6, 6.07) is 6.75. The topological polar surface area (TPSA) is 89.7 Å². The number of hydrogen-bond acceptors (Lipinski definition) is 4. The van der Waals surface area contributed by atoms with Gasteiger partial charge in [0.15, 0.2) is 5.60 Å². The number of nitrogens with two attached hydrogens (primary N) is 1. The summed E-state index contributed by atoms with van der Waals surface area (Å²) in [5, 5.41) is 0. The van der Waals surface area contributed by atoms with E-state index in [4.69, 9.17) is 10.5 Å². The molecule has 0 radical (unpaired) electrons. The lowest BCUT2D eigenvalue weighted by Crippen LogP contribution is -2.58. The first-order valence-electron chi connectivity index (χ1n) is 6.27. The van der Waals surface area contributed by atoms with Crippen LogP contribution in [0.4, 0.5) is 0 Å². The number of amides is 1. The van der Waals surface area contributed by atoms with Gasteiger partial charge in [0.05, 0.1) is 18.0 Å². The van der Waals surface area contributed by atoms with Gasteiger partial charge < -0.3 is 10.5 Å². The lowest BCUT2D eigenvalue weighted by molar-refractivity contribution is -0.148. The van der Waals surface area contributed by atoms with E-state index in [0.29, 0.717) is 5.56 Å². The molecule has 1 aromatic carbocycles. The summed E-state index contributed by atoms with van der Waals surface area (Å²) in [7, 11) is -3.65. The van der Waals surface area contributed by atoms with Crippen molar-refractivity contribution in [2.75, 3.05) is 19.7 Å². The molecule has 1 aromatic rings. The van der Waals surface area contributed by atoms with Gasteiger partial charge in [0.25, 0.3) is 5.91 Å². The zero-order valence-electron chi connectivity index (χ0n) is 11.5. The summed E-state index contributed by atoms with van der Waals surface area (Å²) in [6.45, 7) is 3.53. The van der Waals surface area contributed by atoms with Crippen LogP contribution in [0, 0.1) is 6.92 Å². The molecule has 1 saturated heterocycles. The first-order valence-corrected chi connectivity index (χ1v) is 7.71. The van der Waals surface area contributed by atoms with Crippen LogP contribution in [0.5, 0.6) is 0 Å². The molecular formula is C13H18N2O4S. The minimum absolute atomic E-state index is 0.0704. The average Bonchev–Trinajstić information content (AvgIpc) is 2.39. The number of benzene rings is 1. The van der Waals surface area contributed by atoms with E-state index < -0.39 is 21.5 Å². The number of aryl methyl sites for hydroxylation is 1. The van der Waals surface area contributed by atoms with Crippen molar-refractivity contribution in [1.29, 1.82) is 0 Å². The van der Waals surface area contributed by atoms with E-state index >= 15 is 0 Å². The van der Waals surface area contributed by atoms with E-state index in [9.17, 15) is 13.2 Å². The summed E-state index contributed by atoms with van der Waals surface area (Å²) >= 11 is 0. The van der Waals surface area contributed by atoms with Gasteiger partial charge in [0, 0.05) is 6.54 Å². The van der Waals surface area contributed by atoms with Gasteiger partial charge in [-0.3, -0.25) is 4.79 Å². The van der Waals surface area contributed by atoms with Crippen LogP contribution in [0.25, 0.3) is 0 Å². The Bertz CT molecular complexity index is 629. The summed E-state index contributed by atoms with van der Waals surface area (Å²) in [5.74, 6) is -0.665. The van der Waals surface area contributed by atoms with Crippen LogP contribution in [-0.2, 0) is 19.6 Å². The van der Waals surface area contributed by atoms with Crippen molar-refractivity contribution in [3.63, 3.8) is 0 Å². The second-order valence-electron chi connectivity index (χ2n) is 5.05. The van der Waals surface area contributed by atoms with Crippen molar-refractivity contribution in [3.05, 3.63) is 29.8 Å². The largest absolute Gasteiger partial charge is 0.367 e. The molecular weight excluding hydrogens is 280 g/mol. The summed E-state index contributed by atoms with van der Waals surface area (Å²) in [6.07, 6.45) is 0. The number of carbonyl (C=O) groups excluding carboxylic acids is 1. The molecule has 1 aliphatic rings. The highest BCUT2D eigenvalue weighted by atomic mass is 32.2. The van der Waals surface area contributed by atoms with Gasteiger partial charge >= 0.3 is 0 Å². The van der Waals surface area contributed by atoms with Crippen LogP contribution in [-0.4, -0.2) is 43.9 Å². The van der Waals surface area contributed by atoms with Crippen LogP contribution >= 0.6 is 0 Å². The van der Waals surface area contributed by atoms with Crippen molar-refractivity contribution < 1.29 is 17.9 Å². The zero-order valence-corrected chi connectivity index (χ0v) is 12.3. The molecule has 1 amide bonds. The van der Waals surface area contributed by atoms with E-state index in [2.05, 4.69) is 0 Å². The molecule has 0 bridgehead atoms. The molecule has 0 spiro atoms. The predicted octanol–water partition coefficient (Wildman–Crippen LogP) is 0.260. The second kappa shape index (κ2) is 5.16. The maximum Gasteiger partial charge on any atom is 0.250 e. The van der Waals surface area contributed by atoms with Gasteiger partial charge in [-0.2, -0.15) is 4.31 Å². The smallest absolute Gasteiger partial charge is 0.250 e. The molecule has 0 aromatic heterocycles. The van der Waals surface area contributed by atoms with E-state index in [1.54, 1.807) is 31.2 Å². The van der Waals surface area contributed by atoms with E-state index in [1.165, 1.54) is 11.2 Å². The maximum absolute atomic E-state index is 12.6. The van der Waals surface area contributed by atoms with Crippen LogP contribution in [0.15, 0.2) is 29.2 Å². The van der Waals surface area contributed by atoms with Gasteiger partial charge in [-0.1, -0.05) is 18.2 Å². The Morgan fingerprint density at radius 1 is 1.40 bits per heavy atom. The second-order valence-corrected chi connectivity index (χ2v) is 6.95. The summed E-state index contributed by atoms with van der Waals surface area (Å²) in [5.41, 5.74) is 4.67. The van der Waals surface area contributed by atoms with Gasteiger partial charge in [0.1, 0.15) is 0 Å². The molecule has 1 atom stereocenters. The lowest BCUT2D eigenvalue weighted by Gasteiger charge is -2.37. The van der Waals surface area contributed by atoms with Crippen LogP contribution in [0.1, 0.15) is 12.5 Å². The number of ether oxygens (including phenoxy) is 1. The quantitative estimate of drug-likeness (QED) is 0.866. The molecule has 0 saturated carbocycles. The number of hydrogen-bond donors (Lipinski definition) is 1. The Hall–Kier alpha value is -1.44. The SMILES string of the molecule is Cc1ccccc1S(=O)(=O)N1CCO[C@@](C)(C(N)=O)C1. The van der Waals surface area contributed by atoms with Crippen molar-refractivity contribution in [2.24, 2.45) is 5.73 Å². The van der Waals surface area contributed by atoms with E-state index in [0.717, 1.165) is 0 Å². The average molecular weight is 298 g/mol. The fourth-order valence-electron chi connectivity index (χ4n) is 2.17. The predicted molar refractivity (Wildman–Crippen MR) is 73.5 cm³/mol. The molecule has 2 rings (SSSR count). The van der Waals surface area contributed by atoms with Gasteiger partial charge in [-0.15, -0.1) is 0 Å². The molecule has 1 heterocycles. The minimum Gasteiger partial charge on any atom is -0.367 e. The van der Waals surface area contributed by atoms with Crippen LogP contribution in [0.3, 0.4) is 0 Å². The minimum atomic E-state index is -3.65. The van der Waals surface area contributed by atoms with Crippen molar-refractivity contribution >= 4 is 15.9 Å². The van der Waals surface area contributed by atoms with E-state index in [-0.39, 0.29) is 24.6 Å². The van der Waals surface area contributed by atoms with Crippen molar-refractivity contribution in [1.82, 2.24) is 4.31 Å². The highest BCUT2D eigenvalue weighted by Gasteiger charge is 2.42. The fourth-order valence-corrected chi connectivity index (χ4v) is 3.91. The highest BCUT2D eigenvalue weighted by molar-refractivity contribution is 7.89. The molecule has 1 aliphatic heterocycles. The molecule has 110 valence electrons. The van der Waals surface area contributed by atoms with Crippen molar-refractivity contribution in [3.8, 4) is 0 Å². The highest BCUT2D eigenvalue weighted by Crippen LogP contribution is 2.25. The molecule has 7 heteroatoms. The fraction of sp³-hybridized carbons (Fsp3) is 0.462. The Balaban J connectivity index is 2.36. The number of rotatable bonds is 3. The maximum atomic E-state index is 12.6. The molecule has 0 aliphatic carbocycles. The number of primary amides is 1. The normalized spacial score (nSPS) is 24.5. The van der Waals surface area contributed by atoms with E-state index in [1.807, 2.05) is 0 Å². The molecule has 20 heavy (non-hydrogen) atoms. The zero-order chi connectivity index (χ0) is 15.0.